The van der Waals surface area contributed by atoms with E-state index in [1.807, 2.05) is 11.3 Å². The van der Waals surface area contributed by atoms with Crippen LogP contribution in [0.3, 0.4) is 0 Å². The van der Waals surface area contributed by atoms with E-state index in [2.05, 4.69) is 34.2 Å². The molecule has 90 valence electrons. The summed E-state index contributed by atoms with van der Waals surface area (Å²) in [6, 6.07) is 3.19. The van der Waals surface area contributed by atoms with Gasteiger partial charge >= 0.3 is 0 Å². The summed E-state index contributed by atoms with van der Waals surface area (Å²) < 4.78 is 1.30. The zero-order valence-corrected chi connectivity index (χ0v) is 12.3. The molecule has 3 heteroatoms. The molecule has 0 unspecified atom stereocenters. The molecule has 1 N–H and O–H groups in total. The van der Waals surface area contributed by atoms with Crippen LogP contribution in [0.2, 0.25) is 0 Å². The molecular formula is C13H20BrNS. The lowest BCUT2D eigenvalue weighted by Crippen LogP contribution is -2.17. The van der Waals surface area contributed by atoms with Crippen LogP contribution in [-0.2, 0) is 6.42 Å². The molecule has 1 saturated carbocycles. The molecule has 16 heavy (non-hydrogen) atoms. The van der Waals surface area contributed by atoms with E-state index in [1.165, 1.54) is 59.3 Å². The van der Waals surface area contributed by atoms with Crippen LogP contribution in [0.1, 0.15) is 42.5 Å². The summed E-state index contributed by atoms with van der Waals surface area (Å²) in [5.74, 6) is 0. The van der Waals surface area contributed by atoms with E-state index in [9.17, 15) is 0 Å². The van der Waals surface area contributed by atoms with Crippen molar-refractivity contribution < 1.29 is 0 Å². The fourth-order valence-electron chi connectivity index (χ4n) is 1.84. The first-order valence-corrected chi connectivity index (χ1v) is 7.85. The summed E-state index contributed by atoms with van der Waals surface area (Å²) in [6.45, 7) is 3.39. The minimum absolute atomic E-state index is 0.871. The van der Waals surface area contributed by atoms with Crippen LogP contribution in [0.4, 0.5) is 0 Å². The molecule has 0 saturated heterocycles. The number of hydrogen-bond acceptors (Lipinski definition) is 2. The summed E-state index contributed by atoms with van der Waals surface area (Å²) in [5.41, 5.74) is 1.38. The third-order valence-corrected chi connectivity index (χ3v) is 5.21. The summed E-state index contributed by atoms with van der Waals surface area (Å²) in [4.78, 5) is 1.53. The van der Waals surface area contributed by atoms with Gasteiger partial charge in [0.05, 0.1) is 3.79 Å². The van der Waals surface area contributed by atoms with Crippen molar-refractivity contribution in [3.05, 3.63) is 20.3 Å². The van der Waals surface area contributed by atoms with Crippen LogP contribution in [-0.4, -0.2) is 12.6 Å². The molecule has 0 aliphatic heterocycles. The Morgan fingerprint density at radius 2 is 2.19 bits per heavy atom. The number of aryl methyl sites for hydroxylation is 2. The average molecular weight is 302 g/mol. The van der Waals surface area contributed by atoms with E-state index in [4.69, 9.17) is 0 Å². The van der Waals surface area contributed by atoms with Crippen LogP contribution in [0.15, 0.2) is 9.85 Å². The second-order valence-corrected chi connectivity index (χ2v) is 7.16. The molecule has 1 aromatic heterocycles. The Hall–Kier alpha value is 0.140. The maximum absolute atomic E-state index is 3.58. The Bertz CT molecular complexity index is 311. The number of nitrogens with one attached hydrogen (secondary N) is 1. The molecule has 1 nitrogen and oxygen atoms in total. The van der Waals surface area contributed by atoms with E-state index in [-0.39, 0.29) is 0 Å². The van der Waals surface area contributed by atoms with Gasteiger partial charge in [-0.1, -0.05) is 6.42 Å². The van der Waals surface area contributed by atoms with Gasteiger partial charge in [-0.25, -0.2) is 0 Å². The van der Waals surface area contributed by atoms with Crippen LogP contribution < -0.4 is 5.32 Å². The van der Waals surface area contributed by atoms with Crippen molar-refractivity contribution in [1.82, 2.24) is 5.32 Å². The molecule has 1 fully saturated rings. The van der Waals surface area contributed by atoms with Crippen molar-refractivity contribution in [2.75, 3.05) is 6.54 Å². The molecule has 0 atom stereocenters. The maximum Gasteiger partial charge on any atom is 0.0730 e. The predicted octanol–water partition coefficient (Wildman–Crippen LogP) is 4.28. The minimum atomic E-state index is 0.871. The Morgan fingerprint density at radius 3 is 2.81 bits per heavy atom. The second kappa shape index (κ2) is 6.18. The van der Waals surface area contributed by atoms with Crippen molar-refractivity contribution in [3.63, 3.8) is 0 Å². The normalized spacial score (nSPS) is 15.6. The highest BCUT2D eigenvalue weighted by atomic mass is 79.9. The Balaban J connectivity index is 1.53. The summed E-state index contributed by atoms with van der Waals surface area (Å²) in [7, 11) is 0. The van der Waals surface area contributed by atoms with E-state index < -0.39 is 0 Å². The van der Waals surface area contributed by atoms with Gasteiger partial charge in [0.1, 0.15) is 0 Å². The van der Waals surface area contributed by atoms with Gasteiger partial charge in [-0.15, -0.1) is 11.3 Å². The number of hydrogen-bond donors (Lipinski definition) is 1. The molecule has 1 aliphatic rings. The zero-order valence-electron chi connectivity index (χ0n) is 9.89. The standard InChI is InChI=1S/C13H20BrNS/c1-10-9-12(16-13(10)14)5-3-2-4-8-15-11-6-7-11/h9,11,15H,2-8H2,1H3. The Labute approximate surface area is 111 Å². The number of rotatable bonds is 7. The van der Waals surface area contributed by atoms with E-state index in [0.717, 1.165) is 6.04 Å². The maximum atomic E-state index is 3.58. The molecule has 0 bridgehead atoms. The number of halogens is 1. The van der Waals surface area contributed by atoms with Gasteiger partial charge in [0, 0.05) is 10.9 Å². The highest BCUT2D eigenvalue weighted by Crippen LogP contribution is 2.28. The van der Waals surface area contributed by atoms with Crippen LogP contribution in [0.5, 0.6) is 0 Å². The molecule has 0 radical (unpaired) electrons. The van der Waals surface area contributed by atoms with Gasteiger partial charge in [-0.2, -0.15) is 0 Å². The predicted molar refractivity (Wildman–Crippen MR) is 75.3 cm³/mol. The molecule has 1 aliphatic carbocycles. The van der Waals surface area contributed by atoms with Crippen molar-refractivity contribution >= 4 is 27.3 Å². The quantitative estimate of drug-likeness (QED) is 0.741. The van der Waals surface area contributed by atoms with Gasteiger partial charge in [0.25, 0.3) is 0 Å². The third-order valence-electron chi connectivity index (χ3n) is 3.02. The molecular weight excluding hydrogens is 282 g/mol. The molecule has 1 aromatic rings. The summed E-state index contributed by atoms with van der Waals surface area (Å²) in [6.07, 6.45) is 8.08. The SMILES string of the molecule is Cc1cc(CCCCCNC2CC2)sc1Br. The fourth-order valence-corrected chi connectivity index (χ4v) is 3.51. The topological polar surface area (TPSA) is 12.0 Å². The van der Waals surface area contributed by atoms with E-state index >= 15 is 0 Å². The zero-order chi connectivity index (χ0) is 11.4. The van der Waals surface area contributed by atoms with E-state index in [0.29, 0.717) is 0 Å². The molecule has 0 amide bonds. The Morgan fingerprint density at radius 1 is 1.38 bits per heavy atom. The molecule has 0 spiro atoms. The highest BCUT2D eigenvalue weighted by Gasteiger charge is 2.19. The summed E-state index contributed by atoms with van der Waals surface area (Å²) in [5, 5.41) is 3.56. The lowest BCUT2D eigenvalue weighted by atomic mass is 10.1. The van der Waals surface area contributed by atoms with Gasteiger partial charge in [-0.05, 0) is 73.1 Å². The Kier molecular flexibility index (Phi) is 4.86. The summed E-state index contributed by atoms with van der Waals surface area (Å²) >= 11 is 5.48. The monoisotopic (exact) mass is 301 g/mol. The number of unbranched alkanes of at least 4 members (excludes halogenated alkanes) is 2. The van der Waals surface area contributed by atoms with Gasteiger partial charge in [0.2, 0.25) is 0 Å². The van der Waals surface area contributed by atoms with Crippen molar-refractivity contribution in [2.45, 2.75) is 51.5 Å². The van der Waals surface area contributed by atoms with Crippen molar-refractivity contribution in [1.29, 1.82) is 0 Å². The first-order chi connectivity index (χ1) is 7.75. The smallest absolute Gasteiger partial charge is 0.0730 e. The fraction of sp³-hybridized carbons (Fsp3) is 0.692. The largest absolute Gasteiger partial charge is 0.314 e. The number of thiophene rings is 1. The van der Waals surface area contributed by atoms with E-state index in [1.54, 1.807) is 0 Å². The van der Waals surface area contributed by atoms with Crippen LogP contribution in [0.25, 0.3) is 0 Å². The minimum Gasteiger partial charge on any atom is -0.314 e. The first-order valence-electron chi connectivity index (χ1n) is 6.24. The van der Waals surface area contributed by atoms with Crippen LogP contribution in [0, 0.1) is 6.92 Å². The van der Waals surface area contributed by atoms with Gasteiger partial charge in [-0.3, -0.25) is 0 Å². The molecule has 0 aromatic carbocycles. The average Bonchev–Trinajstić information content (AvgIpc) is 3.01. The highest BCUT2D eigenvalue weighted by molar-refractivity contribution is 9.11. The van der Waals surface area contributed by atoms with Crippen molar-refractivity contribution in [2.24, 2.45) is 0 Å². The first kappa shape index (κ1) is 12.6. The molecule has 2 rings (SSSR count). The lowest BCUT2D eigenvalue weighted by molar-refractivity contribution is 0.601. The second-order valence-electron chi connectivity index (χ2n) is 4.71. The van der Waals surface area contributed by atoms with Crippen molar-refractivity contribution in [3.8, 4) is 0 Å². The van der Waals surface area contributed by atoms with Gasteiger partial charge in [0.15, 0.2) is 0 Å². The molecule has 1 heterocycles. The lowest BCUT2D eigenvalue weighted by Gasteiger charge is -2.01. The van der Waals surface area contributed by atoms with Gasteiger partial charge < -0.3 is 5.32 Å². The van der Waals surface area contributed by atoms with Crippen LogP contribution >= 0.6 is 27.3 Å². The third kappa shape index (κ3) is 4.19.